The van der Waals surface area contributed by atoms with E-state index in [0.29, 0.717) is 18.2 Å². The summed E-state index contributed by atoms with van der Waals surface area (Å²) in [7, 11) is 0. The van der Waals surface area contributed by atoms with Gasteiger partial charge in [0.2, 0.25) is 5.95 Å². The molecule has 0 fully saturated rings. The first-order valence-corrected chi connectivity index (χ1v) is 14.3. The molecule has 0 atom stereocenters. The van der Waals surface area contributed by atoms with Gasteiger partial charge in [0.1, 0.15) is 5.75 Å². The molecule has 262 valence electrons. The Bertz CT molecular complexity index is 1670. The zero-order valence-corrected chi connectivity index (χ0v) is 25.4. The third-order valence-electron chi connectivity index (χ3n) is 6.51. The van der Waals surface area contributed by atoms with Crippen LogP contribution in [0.2, 0.25) is 0 Å². The van der Waals surface area contributed by atoms with Crippen molar-refractivity contribution in [3.63, 3.8) is 0 Å². The molecule has 18 heteroatoms. The van der Waals surface area contributed by atoms with Gasteiger partial charge in [-0.05, 0) is 61.4 Å². The van der Waals surface area contributed by atoms with E-state index in [4.69, 9.17) is 14.2 Å². The summed E-state index contributed by atoms with van der Waals surface area (Å²) in [5.74, 6) is -0.821. The number of rotatable bonds is 13. The van der Waals surface area contributed by atoms with E-state index in [-0.39, 0.29) is 61.1 Å². The standard InChI is InChI=1S/C31H26F9N5O4/c1-2-47-26(46)5-3-10-48-24-15-43-27(44-16-24)45(17-19-11-22(30(35,36)37)14-23(12-19)31(38,39)40)18-20-13-21(29(32,33)34)6-7-25(20)49-28-41-8-4-9-42-28/h4,6-9,11-16H,2-3,5,10,17-18H2,1H3. The molecule has 0 aliphatic rings. The number of esters is 1. The highest BCUT2D eigenvalue weighted by Gasteiger charge is 2.37. The molecule has 0 spiro atoms. The highest BCUT2D eigenvalue weighted by molar-refractivity contribution is 5.69. The van der Waals surface area contributed by atoms with Crippen molar-refractivity contribution in [1.82, 2.24) is 19.9 Å². The first-order valence-electron chi connectivity index (χ1n) is 14.3. The lowest BCUT2D eigenvalue weighted by Gasteiger charge is -2.25. The van der Waals surface area contributed by atoms with Gasteiger partial charge < -0.3 is 19.1 Å². The van der Waals surface area contributed by atoms with E-state index in [2.05, 4.69) is 19.9 Å². The molecule has 0 unspecified atom stereocenters. The Balaban J connectivity index is 1.72. The Morgan fingerprint density at radius 2 is 1.39 bits per heavy atom. The molecule has 0 radical (unpaired) electrons. The topological polar surface area (TPSA) is 99.6 Å². The molecule has 9 nitrogen and oxygen atoms in total. The van der Waals surface area contributed by atoms with Gasteiger partial charge in [0, 0.05) is 37.5 Å². The van der Waals surface area contributed by atoms with Gasteiger partial charge in [-0.25, -0.2) is 19.9 Å². The van der Waals surface area contributed by atoms with Crippen molar-refractivity contribution >= 4 is 11.9 Å². The zero-order chi connectivity index (χ0) is 35.8. The summed E-state index contributed by atoms with van der Waals surface area (Å²) in [4.78, 5) is 28.5. The summed E-state index contributed by atoms with van der Waals surface area (Å²) >= 11 is 0. The Morgan fingerprint density at radius 1 is 0.776 bits per heavy atom. The van der Waals surface area contributed by atoms with E-state index < -0.39 is 59.8 Å². The van der Waals surface area contributed by atoms with E-state index in [0.717, 1.165) is 29.4 Å². The van der Waals surface area contributed by atoms with E-state index >= 15 is 0 Å². The zero-order valence-electron chi connectivity index (χ0n) is 25.4. The maximum absolute atomic E-state index is 13.7. The largest absolute Gasteiger partial charge is 0.490 e. The maximum Gasteiger partial charge on any atom is 0.416 e. The number of halogens is 9. The molecule has 0 amide bonds. The predicted molar refractivity (Wildman–Crippen MR) is 153 cm³/mol. The Labute approximate surface area is 272 Å². The lowest BCUT2D eigenvalue weighted by molar-refractivity contribution is -0.144. The second kappa shape index (κ2) is 15.4. The van der Waals surface area contributed by atoms with E-state index in [1.54, 1.807) is 6.92 Å². The Kier molecular flexibility index (Phi) is 11.5. The lowest BCUT2D eigenvalue weighted by atomic mass is 10.0. The fourth-order valence-corrected chi connectivity index (χ4v) is 4.34. The van der Waals surface area contributed by atoms with Crippen molar-refractivity contribution in [2.45, 2.75) is 51.4 Å². The average Bonchev–Trinajstić information content (AvgIpc) is 3.03. The van der Waals surface area contributed by atoms with Crippen LogP contribution in [0.3, 0.4) is 0 Å². The van der Waals surface area contributed by atoms with Gasteiger partial charge in [0.25, 0.3) is 0 Å². The summed E-state index contributed by atoms with van der Waals surface area (Å²) in [6.07, 6.45) is -9.89. The molecule has 0 saturated carbocycles. The van der Waals surface area contributed by atoms with E-state index in [1.807, 2.05) is 0 Å². The molecular weight excluding hydrogens is 677 g/mol. The van der Waals surface area contributed by atoms with Crippen molar-refractivity contribution in [2.24, 2.45) is 0 Å². The molecule has 49 heavy (non-hydrogen) atoms. The number of nitrogens with zero attached hydrogens (tertiary/aromatic N) is 5. The molecule has 0 saturated heterocycles. The first kappa shape index (κ1) is 36.7. The van der Waals surface area contributed by atoms with Crippen LogP contribution in [0.15, 0.2) is 67.3 Å². The predicted octanol–water partition coefficient (Wildman–Crippen LogP) is 8.04. The van der Waals surface area contributed by atoms with Crippen molar-refractivity contribution in [3.05, 3.63) is 95.1 Å². The molecule has 0 bridgehead atoms. The monoisotopic (exact) mass is 703 g/mol. The summed E-state index contributed by atoms with van der Waals surface area (Å²) in [5.41, 5.74) is -4.99. The second-order valence-electron chi connectivity index (χ2n) is 10.2. The van der Waals surface area contributed by atoms with Crippen molar-refractivity contribution in [1.29, 1.82) is 0 Å². The highest BCUT2D eigenvalue weighted by atomic mass is 19.4. The quantitative estimate of drug-likeness (QED) is 0.0778. The molecule has 2 aromatic heterocycles. The normalized spacial score (nSPS) is 12.0. The van der Waals surface area contributed by atoms with Crippen LogP contribution in [0.5, 0.6) is 17.5 Å². The smallest absolute Gasteiger partial charge is 0.416 e. The van der Waals surface area contributed by atoms with Crippen LogP contribution in [0.4, 0.5) is 45.5 Å². The van der Waals surface area contributed by atoms with Gasteiger partial charge in [0.15, 0.2) is 5.75 Å². The van der Waals surface area contributed by atoms with Gasteiger partial charge >= 0.3 is 30.5 Å². The minimum Gasteiger partial charge on any atom is -0.490 e. The number of alkyl halides is 9. The SMILES string of the molecule is CCOC(=O)CCCOc1cnc(N(Cc2cc(C(F)(F)F)cc(C(F)(F)F)c2)Cc2cc(C(F)(F)F)ccc2Oc2ncccn2)nc1. The van der Waals surface area contributed by atoms with Crippen LogP contribution in [-0.2, 0) is 41.1 Å². The molecule has 0 N–H and O–H groups in total. The third-order valence-corrected chi connectivity index (χ3v) is 6.51. The Hall–Kier alpha value is -5.16. The second-order valence-corrected chi connectivity index (χ2v) is 10.2. The fraction of sp³-hybridized carbons (Fsp3) is 0.323. The highest BCUT2D eigenvalue weighted by Crippen LogP contribution is 2.38. The number of hydrogen-bond donors (Lipinski definition) is 0. The molecule has 0 aliphatic carbocycles. The molecule has 2 aromatic carbocycles. The van der Waals surface area contributed by atoms with Crippen LogP contribution >= 0.6 is 0 Å². The number of carbonyl (C=O) groups excluding carboxylic acids is 1. The average molecular weight is 704 g/mol. The van der Waals surface area contributed by atoms with Crippen LogP contribution in [0.25, 0.3) is 0 Å². The molecule has 2 heterocycles. The van der Waals surface area contributed by atoms with Gasteiger partial charge in [-0.15, -0.1) is 0 Å². The third kappa shape index (κ3) is 10.7. The van der Waals surface area contributed by atoms with Gasteiger partial charge in [-0.1, -0.05) is 0 Å². The summed E-state index contributed by atoms with van der Waals surface area (Å²) in [6, 6.07) is 4.55. The number of benzene rings is 2. The Morgan fingerprint density at radius 3 is 1.96 bits per heavy atom. The van der Waals surface area contributed by atoms with Crippen molar-refractivity contribution in [3.8, 4) is 17.5 Å². The van der Waals surface area contributed by atoms with Crippen LogP contribution in [0, 0.1) is 0 Å². The molecule has 4 rings (SSSR count). The van der Waals surface area contributed by atoms with Gasteiger partial charge in [-0.3, -0.25) is 4.79 Å². The number of ether oxygens (including phenoxy) is 3. The first-order chi connectivity index (χ1) is 23.0. The number of carbonyl (C=O) groups is 1. The molecule has 4 aromatic rings. The van der Waals surface area contributed by atoms with Crippen LogP contribution in [-0.4, -0.2) is 39.1 Å². The molecular formula is C31H26F9N5O4. The van der Waals surface area contributed by atoms with E-state index in [9.17, 15) is 44.3 Å². The fourth-order valence-electron chi connectivity index (χ4n) is 4.34. The van der Waals surface area contributed by atoms with Gasteiger partial charge in [0.05, 0.1) is 42.3 Å². The minimum atomic E-state index is -5.15. The summed E-state index contributed by atoms with van der Waals surface area (Å²) in [5, 5.41) is 0. The lowest BCUT2D eigenvalue weighted by Crippen LogP contribution is -2.25. The molecule has 0 aliphatic heterocycles. The minimum absolute atomic E-state index is 0.0438. The van der Waals surface area contributed by atoms with Gasteiger partial charge in [-0.2, -0.15) is 39.5 Å². The summed E-state index contributed by atoms with van der Waals surface area (Å²) in [6.45, 7) is 0.588. The van der Waals surface area contributed by atoms with Crippen LogP contribution < -0.4 is 14.4 Å². The van der Waals surface area contributed by atoms with Crippen molar-refractivity contribution in [2.75, 3.05) is 18.1 Å². The summed E-state index contributed by atoms with van der Waals surface area (Å²) < 4.78 is 139. The number of aromatic nitrogens is 4. The maximum atomic E-state index is 13.7. The van der Waals surface area contributed by atoms with Crippen LogP contribution in [0.1, 0.15) is 47.6 Å². The number of hydrogen-bond acceptors (Lipinski definition) is 9. The van der Waals surface area contributed by atoms with E-state index in [1.165, 1.54) is 18.5 Å². The number of anilines is 1. The van der Waals surface area contributed by atoms with Crippen molar-refractivity contribution < 1.29 is 58.5 Å².